The second-order valence-corrected chi connectivity index (χ2v) is 4.90. The standard InChI is InChI=1S/C11H21N3O2S/c1-9(2)8-12-11-13-10(14-17-11)4-5-16-7-6-15-3/h9H,4-8H2,1-3H3,(H,12,13,14). The van der Waals surface area contributed by atoms with Crippen LogP contribution in [0.15, 0.2) is 0 Å². The average molecular weight is 259 g/mol. The molecular formula is C11H21N3O2S. The van der Waals surface area contributed by atoms with E-state index in [-0.39, 0.29) is 0 Å². The van der Waals surface area contributed by atoms with Crippen LogP contribution in [0.1, 0.15) is 19.7 Å². The zero-order valence-corrected chi connectivity index (χ0v) is 11.5. The molecule has 1 aromatic rings. The fourth-order valence-electron chi connectivity index (χ4n) is 1.13. The Balaban J connectivity index is 2.17. The third-order valence-corrected chi connectivity index (χ3v) is 2.74. The molecule has 0 aliphatic heterocycles. The van der Waals surface area contributed by atoms with Crippen LogP contribution in [0.4, 0.5) is 5.13 Å². The molecule has 0 amide bonds. The van der Waals surface area contributed by atoms with Crippen molar-refractivity contribution in [2.45, 2.75) is 20.3 Å². The van der Waals surface area contributed by atoms with E-state index >= 15 is 0 Å². The Labute approximate surface area is 107 Å². The average Bonchev–Trinajstić information content (AvgIpc) is 2.74. The predicted octanol–water partition coefficient (Wildman–Crippen LogP) is 1.81. The second kappa shape index (κ2) is 8.38. The van der Waals surface area contributed by atoms with Crippen LogP contribution in [-0.2, 0) is 15.9 Å². The van der Waals surface area contributed by atoms with Gasteiger partial charge in [0.15, 0.2) is 0 Å². The van der Waals surface area contributed by atoms with Crippen molar-refractivity contribution < 1.29 is 9.47 Å². The van der Waals surface area contributed by atoms with Gasteiger partial charge >= 0.3 is 0 Å². The fourth-order valence-corrected chi connectivity index (χ4v) is 1.74. The van der Waals surface area contributed by atoms with E-state index in [4.69, 9.17) is 9.47 Å². The maximum Gasteiger partial charge on any atom is 0.202 e. The van der Waals surface area contributed by atoms with Gasteiger partial charge in [0.1, 0.15) is 5.82 Å². The molecule has 0 radical (unpaired) electrons. The Hall–Kier alpha value is -0.720. The van der Waals surface area contributed by atoms with Crippen LogP contribution in [0.25, 0.3) is 0 Å². The van der Waals surface area contributed by atoms with Crippen LogP contribution in [0.2, 0.25) is 0 Å². The third kappa shape index (κ3) is 6.55. The Bertz CT molecular complexity index is 305. The van der Waals surface area contributed by atoms with Crippen molar-refractivity contribution in [1.82, 2.24) is 9.36 Å². The van der Waals surface area contributed by atoms with Crippen molar-refractivity contribution in [3.05, 3.63) is 5.82 Å². The van der Waals surface area contributed by atoms with E-state index in [0.29, 0.717) is 25.7 Å². The second-order valence-electron chi connectivity index (χ2n) is 4.15. The molecule has 0 aromatic carbocycles. The molecule has 98 valence electrons. The molecule has 17 heavy (non-hydrogen) atoms. The van der Waals surface area contributed by atoms with Crippen molar-refractivity contribution in [1.29, 1.82) is 0 Å². The quantitative estimate of drug-likeness (QED) is 0.685. The van der Waals surface area contributed by atoms with Crippen LogP contribution in [-0.4, -0.2) is 42.8 Å². The molecule has 0 atom stereocenters. The number of hydrogen-bond donors (Lipinski definition) is 1. The molecule has 0 unspecified atom stereocenters. The molecule has 0 saturated carbocycles. The molecule has 0 aliphatic rings. The van der Waals surface area contributed by atoms with Gasteiger partial charge in [0, 0.05) is 31.6 Å². The van der Waals surface area contributed by atoms with Gasteiger partial charge in [0.05, 0.1) is 19.8 Å². The summed E-state index contributed by atoms with van der Waals surface area (Å²) in [5.74, 6) is 1.46. The predicted molar refractivity (Wildman–Crippen MR) is 69.6 cm³/mol. The normalized spacial score (nSPS) is 11.1. The molecule has 1 aromatic heterocycles. The molecule has 0 fully saturated rings. The van der Waals surface area contributed by atoms with E-state index < -0.39 is 0 Å². The lowest BCUT2D eigenvalue weighted by molar-refractivity contribution is 0.0717. The smallest absolute Gasteiger partial charge is 0.202 e. The fraction of sp³-hybridized carbons (Fsp3) is 0.818. The highest BCUT2D eigenvalue weighted by atomic mass is 32.1. The minimum absolute atomic E-state index is 0.611. The summed E-state index contributed by atoms with van der Waals surface area (Å²) >= 11 is 1.41. The van der Waals surface area contributed by atoms with Crippen LogP contribution in [0.5, 0.6) is 0 Å². The van der Waals surface area contributed by atoms with Crippen molar-refractivity contribution >= 4 is 16.7 Å². The van der Waals surface area contributed by atoms with Crippen molar-refractivity contribution in [2.24, 2.45) is 5.92 Å². The van der Waals surface area contributed by atoms with Gasteiger partial charge in [-0.15, -0.1) is 0 Å². The lowest BCUT2D eigenvalue weighted by atomic mass is 10.2. The molecular weight excluding hydrogens is 238 g/mol. The number of anilines is 1. The lowest BCUT2D eigenvalue weighted by Gasteiger charge is -2.03. The summed E-state index contributed by atoms with van der Waals surface area (Å²) in [6, 6.07) is 0. The molecule has 0 bridgehead atoms. The lowest BCUT2D eigenvalue weighted by Crippen LogP contribution is -2.08. The maximum absolute atomic E-state index is 5.36. The molecule has 0 spiro atoms. The van der Waals surface area contributed by atoms with Gasteiger partial charge in [-0.25, -0.2) is 4.98 Å². The van der Waals surface area contributed by atoms with E-state index in [9.17, 15) is 0 Å². The molecule has 1 rings (SSSR count). The number of aromatic nitrogens is 2. The number of rotatable bonds is 9. The Kier molecular flexibility index (Phi) is 7.07. The molecule has 0 saturated heterocycles. The van der Waals surface area contributed by atoms with Gasteiger partial charge in [-0.3, -0.25) is 0 Å². The molecule has 5 nitrogen and oxygen atoms in total. The summed E-state index contributed by atoms with van der Waals surface area (Å²) in [4.78, 5) is 4.39. The highest BCUT2D eigenvalue weighted by molar-refractivity contribution is 7.09. The number of methoxy groups -OCH3 is 1. The highest BCUT2D eigenvalue weighted by Gasteiger charge is 2.04. The molecule has 1 heterocycles. The first-order valence-corrected chi connectivity index (χ1v) is 6.63. The summed E-state index contributed by atoms with van der Waals surface area (Å²) in [6.45, 7) is 7.16. The Morgan fingerprint density at radius 2 is 2.12 bits per heavy atom. The number of hydrogen-bond acceptors (Lipinski definition) is 6. The molecule has 1 N–H and O–H groups in total. The van der Waals surface area contributed by atoms with Gasteiger partial charge in [0.2, 0.25) is 5.13 Å². The molecule has 6 heteroatoms. The Morgan fingerprint density at radius 3 is 2.82 bits per heavy atom. The van der Waals surface area contributed by atoms with E-state index in [1.165, 1.54) is 11.5 Å². The summed E-state index contributed by atoms with van der Waals surface area (Å²) in [5.41, 5.74) is 0. The van der Waals surface area contributed by atoms with Crippen LogP contribution in [0, 0.1) is 5.92 Å². The van der Waals surface area contributed by atoms with E-state index in [2.05, 4.69) is 28.5 Å². The van der Waals surface area contributed by atoms with Gasteiger partial charge in [-0.05, 0) is 5.92 Å². The van der Waals surface area contributed by atoms with E-state index in [1.807, 2.05) is 0 Å². The number of nitrogens with one attached hydrogen (secondary N) is 1. The van der Waals surface area contributed by atoms with E-state index in [1.54, 1.807) is 7.11 Å². The third-order valence-electron chi connectivity index (χ3n) is 2.03. The monoisotopic (exact) mass is 259 g/mol. The summed E-state index contributed by atoms with van der Waals surface area (Å²) in [7, 11) is 1.66. The number of ether oxygens (including phenoxy) is 2. The SMILES string of the molecule is COCCOCCc1nsc(NCC(C)C)n1. The van der Waals surface area contributed by atoms with Gasteiger partial charge in [-0.1, -0.05) is 13.8 Å². The largest absolute Gasteiger partial charge is 0.382 e. The van der Waals surface area contributed by atoms with Crippen LogP contribution in [0.3, 0.4) is 0 Å². The van der Waals surface area contributed by atoms with E-state index in [0.717, 1.165) is 23.9 Å². The topological polar surface area (TPSA) is 56.3 Å². The minimum Gasteiger partial charge on any atom is -0.382 e. The minimum atomic E-state index is 0.611. The van der Waals surface area contributed by atoms with Crippen molar-refractivity contribution in [3.63, 3.8) is 0 Å². The first-order valence-electron chi connectivity index (χ1n) is 5.85. The first kappa shape index (κ1) is 14.3. The van der Waals surface area contributed by atoms with Crippen molar-refractivity contribution in [3.8, 4) is 0 Å². The van der Waals surface area contributed by atoms with Crippen LogP contribution >= 0.6 is 11.5 Å². The summed E-state index contributed by atoms with van der Waals surface area (Å²) in [6.07, 6.45) is 0.754. The molecule has 0 aliphatic carbocycles. The summed E-state index contributed by atoms with van der Waals surface area (Å²) < 4.78 is 14.5. The first-order chi connectivity index (χ1) is 8.22. The maximum atomic E-state index is 5.36. The Morgan fingerprint density at radius 1 is 1.29 bits per heavy atom. The van der Waals surface area contributed by atoms with Gasteiger partial charge < -0.3 is 14.8 Å². The van der Waals surface area contributed by atoms with Crippen LogP contribution < -0.4 is 5.32 Å². The number of nitrogens with zero attached hydrogens (tertiary/aromatic N) is 2. The highest BCUT2D eigenvalue weighted by Crippen LogP contribution is 2.11. The van der Waals surface area contributed by atoms with Crippen molar-refractivity contribution in [2.75, 3.05) is 38.8 Å². The summed E-state index contributed by atoms with van der Waals surface area (Å²) in [5, 5.41) is 4.15. The zero-order valence-electron chi connectivity index (χ0n) is 10.7. The zero-order chi connectivity index (χ0) is 12.5. The van der Waals surface area contributed by atoms with Gasteiger partial charge in [-0.2, -0.15) is 4.37 Å². The van der Waals surface area contributed by atoms with Gasteiger partial charge in [0.25, 0.3) is 0 Å².